The molecule has 0 bridgehead atoms. The standard InChI is InChI=1S/C25H25NO2/c1-26(2)17-20-12-11-18-13-14-23(28-22-9-4-3-5-10-22)16-24(18)25(20)19-7-6-8-21(27)15-19/h3-10,13-16,27H,11-12,17H2,1-2H3. The molecule has 4 rings (SSSR count). The van der Waals surface area contributed by atoms with Crippen molar-refractivity contribution in [3.63, 3.8) is 0 Å². The second-order valence-electron chi connectivity index (χ2n) is 7.50. The zero-order valence-corrected chi connectivity index (χ0v) is 16.4. The number of phenols is 1. The number of nitrogens with zero attached hydrogens (tertiary/aromatic N) is 1. The van der Waals surface area contributed by atoms with Crippen LogP contribution in [-0.2, 0) is 6.42 Å². The third-order valence-electron chi connectivity index (χ3n) is 5.02. The van der Waals surface area contributed by atoms with Crippen LogP contribution in [0, 0.1) is 0 Å². The van der Waals surface area contributed by atoms with Gasteiger partial charge in [0.2, 0.25) is 0 Å². The summed E-state index contributed by atoms with van der Waals surface area (Å²) in [5, 5.41) is 10.1. The Morgan fingerprint density at radius 3 is 2.43 bits per heavy atom. The average Bonchev–Trinajstić information content (AvgIpc) is 2.68. The Labute approximate surface area is 166 Å². The molecule has 1 N–H and O–H groups in total. The van der Waals surface area contributed by atoms with Crippen LogP contribution in [0.5, 0.6) is 17.2 Å². The Morgan fingerprint density at radius 2 is 1.68 bits per heavy atom. The molecule has 0 unspecified atom stereocenters. The monoisotopic (exact) mass is 371 g/mol. The van der Waals surface area contributed by atoms with Crippen LogP contribution in [0.1, 0.15) is 23.1 Å². The molecule has 0 saturated heterocycles. The van der Waals surface area contributed by atoms with Gasteiger partial charge in [0.05, 0.1) is 0 Å². The number of hydrogen-bond acceptors (Lipinski definition) is 3. The highest BCUT2D eigenvalue weighted by molar-refractivity contribution is 5.86. The Bertz CT molecular complexity index is 1010. The molecule has 0 saturated carbocycles. The topological polar surface area (TPSA) is 32.7 Å². The lowest BCUT2D eigenvalue weighted by Crippen LogP contribution is -2.19. The van der Waals surface area contributed by atoms with Gasteiger partial charge in [0.25, 0.3) is 0 Å². The van der Waals surface area contributed by atoms with Gasteiger partial charge in [-0.1, -0.05) is 36.4 Å². The Hall–Kier alpha value is -3.04. The molecule has 3 nitrogen and oxygen atoms in total. The summed E-state index contributed by atoms with van der Waals surface area (Å²) in [4.78, 5) is 2.20. The largest absolute Gasteiger partial charge is 0.508 e. The number of phenolic OH excluding ortho intramolecular Hbond substituents is 1. The molecule has 28 heavy (non-hydrogen) atoms. The van der Waals surface area contributed by atoms with E-state index < -0.39 is 0 Å². The molecule has 142 valence electrons. The molecule has 3 aromatic rings. The molecule has 3 aromatic carbocycles. The fourth-order valence-corrected chi connectivity index (χ4v) is 3.86. The molecular weight excluding hydrogens is 346 g/mol. The Morgan fingerprint density at radius 1 is 0.857 bits per heavy atom. The van der Waals surface area contributed by atoms with Gasteiger partial charge in [-0.25, -0.2) is 0 Å². The highest BCUT2D eigenvalue weighted by Gasteiger charge is 2.22. The number of fused-ring (bicyclic) bond motifs is 1. The van der Waals surface area contributed by atoms with Crippen LogP contribution < -0.4 is 4.74 Å². The van der Waals surface area contributed by atoms with E-state index in [1.807, 2.05) is 48.5 Å². The van der Waals surface area contributed by atoms with Gasteiger partial charge in [-0.3, -0.25) is 0 Å². The number of aryl methyl sites for hydroxylation is 1. The van der Waals surface area contributed by atoms with Crippen molar-refractivity contribution >= 4 is 5.57 Å². The summed E-state index contributed by atoms with van der Waals surface area (Å²) >= 11 is 0. The van der Waals surface area contributed by atoms with Gasteiger partial charge in [0, 0.05) is 6.54 Å². The van der Waals surface area contributed by atoms with Crippen LogP contribution in [0.4, 0.5) is 0 Å². The highest BCUT2D eigenvalue weighted by Crippen LogP contribution is 2.39. The maximum Gasteiger partial charge on any atom is 0.128 e. The minimum atomic E-state index is 0.290. The summed E-state index contributed by atoms with van der Waals surface area (Å²) in [5.41, 5.74) is 6.17. The zero-order chi connectivity index (χ0) is 19.5. The lowest BCUT2D eigenvalue weighted by Gasteiger charge is -2.26. The lowest BCUT2D eigenvalue weighted by molar-refractivity contribution is 0.439. The molecule has 1 aliphatic carbocycles. The summed E-state index contributed by atoms with van der Waals surface area (Å²) in [6, 6.07) is 23.7. The Balaban J connectivity index is 1.81. The number of para-hydroxylation sites is 1. The maximum absolute atomic E-state index is 10.1. The molecule has 0 heterocycles. The third kappa shape index (κ3) is 3.95. The van der Waals surface area contributed by atoms with E-state index in [0.717, 1.165) is 36.4 Å². The van der Waals surface area contributed by atoms with E-state index in [1.54, 1.807) is 6.07 Å². The van der Waals surface area contributed by atoms with Crippen molar-refractivity contribution in [3.05, 3.63) is 95.1 Å². The molecule has 0 spiro atoms. The fourth-order valence-electron chi connectivity index (χ4n) is 3.86. The van der Waals surface area contributed by atoms with E-state index in [1.165, 1.54) is 22.3 Å². The van der Waals surface area contributed by atoms with Crippen LogP contribution in [-0.4, -0.2) is 30.6 Å². The minimum absolute atomic E-state index is 0.290. The molecule has 3 heteroatoms. The van der Waals surface area contributed by atoms with Crippen molar-refractivity contribution in [3.8, 4) is 17.2 Å². The quantitative estimate of drug-likeness (QED) is 0.643. The molecular formula is C25H25NO2. The molecule has 0 atom stereocenters. The first-order valence-corrected chi connectivity index (χ1v) is 9.62. The van der Waals surface area contributed by atoms with E-state index in [4.69, 9.17) is 4.74 Å². The van der Waals surface area contributed by atoms with Crippen LogP contribution in [0.2, 0.25) is 0 Å². The van der Waals surface area contributed by atoms with Gasteiger partial charge in [-0.05, 0) is 91.2 Å². The number of ether oxygens (including phenoxy) is 1. The summed E-state index contributed by atoms with van der Waals surface area (Å²) in [6.45, 7) is 0.897. The van der Waals surface area contributed by atoms with E-state index >= 15 is 0 Å². The second kappa shape index (κ2) is 7.91. The summed E-state index contributed by atoms with van der Waals surface area (Å²) < 4.78 is 6.09. The van der Waals surface area contributed by atoms with Crippen molar-refractivity contribution < 1.29 is 9.84 Å². The molecule has 0 aromatic heterocycles. The fraction of sp³-hybridized carbons (Fsp3) is 0.200. The lowest BCUT2D eigenvalue weighted by atomic mass is 9.82. The third-order valence-corrected chi connectivity index (χ3v) is 5.02. The minimum Gasteiger partial charge on any atom is -0.508 e. The highest BCUT2D eigenvalue weighted by atomic mass is 16.5. The normalized spacial score (nSPS) is 13.5. The number of hydrogen-bond donors (Lipinski definition) is 1. The molecule has 0 fully saturated rings. The SMILES string of the molecule is CN(C)CC1=C(c2cccc(O)c2)c2cc(Oc3ccccc3)ccc2CC1. The van der Waals surface area contributed by atoms with Crippen LogP contribution in [0.25, 0.3) is 5.57 Å². The van der Waals surface area contributed by atoms with Crippen LogP contribution in [0.15, 0.2) is 78.4 Å². The number of benzene rings is 3. The van der Waals surface area contributed by atoms with Gasteiger partial charge >= 0.3 is 0 Å². The van der Waals surface area contributed by atoms with E-state index in [9.17, 15) is 5.11 Å². The second-order valence-corrected chi connectivity index (χ2v) is 7.50. The average molecular weight is 371 g/mol. The van der Waals surface area contributed by atoms with E-state index in [-0.39, 0.29) is 5.75 Å². The Kier molecular flexibility index (Phi) is 5.18. The van der Waals surface area contributed by atoms with Gasteiger partial charge in [0.15, 0.2) is 0 Å². The zero-order valence-electron chi connectivity index (χ0n) is 16.4. The predicted molar refractivity (Wildman–Crippen MR) is 114 cm³/mol. The van der Waals surface area contributed by atoms with Crippen LogP contribution >= 0.6 is 0 Å². The summed E-state index contributed by atoms with van der Waals surface area (Å²) in [7, 11) is 4.19. The van der Waals surface area contributed by atoms with Gasteiger partial charge in [-0.2, -0.15) is 0 Å². The molecule has 0 aliphatic heterocycles. The number of likely N-dealkylation sites (N-methyl/N-ethyl adjacent to an activating group) is 1. The van der Waals surface area contributed by atoms with Gasteiger partial charge in [0.1, 0.15) is 17.2 Å². The molecule has 0 radical (unpaired) electrons. The first-order valence-electron chi connectivity index (χ1n) is 9.62. The van der Waals surface area contributed by atoms with Crippen molar-refractivity contribution in [1.82, 2.24) is 4.90 Å². The van der Waals surface area contributed by atoms with E-state index in [2.05, 4.69) is 37.2 Å². The first-order chi connectivity index (χ1) is 13.6. The van der Waals surface area contributed by atoms with Gasteiger partial charge in [-0.15, -0.1) is 0 Å². The number of aromatic hydroxyl groups is 1. The van der Waals surface area contributed by atoms with E-state index in [0.29, 0.717) is 0 Å². The smallest absolute Gasteiger partial charge is 0.128 e. The van der Waals surface area contributed by atoms with Crippen LogP contribution in [0.3, 0.4) is 0 Å². The van der Waals surface area contributed by atoms with Crippen molar-refractivity contribution in [2.24, 2.45) is 0 Å². The van der Waals surface area contributed by atoms with Crippen molar-refractivity contribution in [2.45, 2.75) is 12.8 Å². The van der Waals surface area contributed by atoms with Crippen molar-refractivity contribution in [2.75, 3.05) is 20.6 Å². The molecule has 1 aliphatic rings. The van der Waals surface area contributed by atoms with Crippen molar-refractivity contribution in [1.29, 1.82) is 0 Å². The first kappa shape index (κ1) is 18.3. The molecule has 0 amide bonds. The summed E-state index contributed by atoms with van der Waals surface area (Å²) in [5.74, 6) is 1.95. The number of rotatable bonds is 5. The summed E-state index contributed by atoms with van der Waals surface area (Å²) in [6.07, 6.45) is 2.04. The maximum atomic E-state index is 10.1. The predicted octanol–water partition coefficient (Wildman–Crippen LogP) is 5.49. The van der Waals surface area contributed by atoms with Gasteiger partial charge < -0.3 is 14.7 Å².